The molecule has 0 N–H and O–H groups in total. The van der Waals surface area contributed by atoms with Crippen molar-refractivity contribution in [3.63, 3.8) is 0 Å². The van der Waals surface area contributed by atoms with Crippen LogP contribution < -0.4 is 0 Å². The van der Waals surface area contributed by atoms with Gasteiger partial charge in [0.25, 0.3) is 0 Å². The molecular weight excluding hydrogens is 388 g/mol. The first-order valence-electron chi connectivity index (χ1n) is 10.9. The first kappa shape index (κ1) is 18.6. The number of hydrogen-bond acceptors (Lipinski definition) is 1. The molecule has 32 heavy (non-hydrogen) atoms. The van der Waals surface area contributed by atoms with E-state index < -0.39 is 0 Å². The van der Waals surface area contributed by atoms with Gasteiger partial charge in [-0.2, -0.15) is 0 Å². The Kier molecular flexibility index (Phi) is 4.36. The summed E-state index contributed by atoms with van der Waals surface area (Å²) < 4.78 is 2.32. The van der Waals surface area contributed by atoms with E-state index in [1.807, 2.05) is 0 Å². The fourth-order valence-electron chi connectivity index (χ4n) is 4.50. The molecule has 0 unspecified atom stereocenters. The summed E-state index contributed by atoms with van der Waals surface area (Å²) in [6, 6.07) is 36.2. The number of pyridine rings is 1. The average molecular weight is 411 g/mol. The van der Waals surface area contributed by atoms with Crippen LogP contribution in [0.1, 0.15) is 16.7 Å². The Hall–Kier alpha value is -4.17. The molecule has 0 saturated heterocycles. The van der Waals surface area contributed by atoms with Crippen LogP contribution in [0, 0.1) is 6.92 Å². The number of fused-ring (bicyclic) bond motifs is 5. The average Bonchev–Trinajstić information content (AvgIpc) is 3.23. The summed E-state index contributed by atoms with van der Waals surface area (Å²) in [5.74, 6) is 0. The minimum atomic E-state index is 0.994. The molecule has 2 heteroatoms. The molecule has 0 atom stereocenters. The molecule has 6 aromatic rings. The topological polar surface area (TPSA) is 17.3 Å². The Morgan fingerprint density at radius 2 is 1.34 bits per heavy atom. The number of hydrogen-bond donors (Lipinski definition) is 0. The molecule has 0 aliphatic rings. The van der Waals surface area contributed by atoms with Gasteiger partial charge in [0, 0.05) is 10.9 Å². The van der Waals surface area contributed by atoms with Gasteiger partial charge in [0.2, 0.25) is 0 Å². The molecule has 0 bridgehead atoms. The minimum Gasteiger partial charge on any atom is -0.291 e. The lowest BCUT2D eigenvalue weighted by molar-refractivity contribution is 1.24. The third-order valence-corrected chi connectivity index (χ3v) is 6.06. The van der Waals surface area contributed by atoms with Crippen LogP contribution >= 0.6 is 0 Å². The van der Waals surface area contributed by atoms with Crippen LogP contribution in [-0.4, -0.2) is 9.38 Å². The predicted molar refractivity (Wildman–Crippen MR) is 136 cm³/mol. The van der Waals surface area contributed by atoms with Crippen molar-refractivity contribution in [2.24, 2.45) is 0 Å². The molecule has 6 rings (SSSR count). The number of aromatic nitrogens is 2. The first-order chi connectivity index (χ1) is 15.8. The summed E-state index contributed by atoms with van der Waals surface area (Å²) in [6.07, 6.45) is 4.46. The SMILES string of the molecule is Cc1ccc(/C=C/c2c(-c3ccccc3)n3c4ccccc4nc3c3ccccc23)cc1. The molecule has 152 valence electrons. The van der Waals surface area contributed by atoms with Crippen LogP contribution in [0.4, 0.5) is 0 Å². The van der Waals surface area contributed by atoms with Crippen molar-refractivity contribution in [3.8, 4) is 11.3 Å². The van der Waals surface area contributed by atoms with Crippen LogP contribution in [0.2, 0.25) is 0 Å². The lowest BCUT2D eigenvalue weighted by Crippen LogP contribution is -1.98. The quantitative estimate of drug-likeness (QED) is 0.291. The fourth-order valence-corrected chi connectivity index (χ4v) is 4.50. The van der Waals surface area contributed by atoms with E-state index in [9.17, 15) is 0 Å². The summed E-state index contributed by atoms with van der Waals surface area (Å²) in [6.45, 7) is 2.12. The number of nitrogens with zero attached hydrogens (tertiary/aromatic N) is 2. The van der Waals surface area contributed by atoms with Crippen molar-refractivity contribution >= 4 is 39.6 Å². The van der Waals surface area contributed by atoms with Crippen LogP contribution in [0.5, 0.6) is 0 Å². The number of aryl methyl sites for hydroxylation is 1. The van der Waals surface area contributed by atoms with E-state index in [1.165, 1.54) is 27.6 Å². The molecule has 0 fully saturated rings. The monoisotopic (exact) mass is 410 g/mol. The van der Waals surface area contributed by atoms with E-state index >= 15 is 0 Å². The third kappa shape index (κ3) is 3.00. The molecule has 0 aliphatic carbocycles. The van der Waals surface area contributed by atoms with Crippen molar-refractivity contribution in [3.05, 3.63) is 120 Å². The Bertz CT molecular complexity index is 1600. The van der Waals surface area contributed by atoms with Crippen molar-refractivity contribution in [2.75, 3.05) is 0 Å². The lowest BCUT2D eigenvalue weighted by atomic mass is 9.98. The Labute approximate surface area is 187 Å². The van der Waals surface area contributed by atoms with Crippen LogP contribution in [0.3, 0.4) is 0 Å². The molecular formula is C30H22N2. The van der Waals surface area contributed by atoms with Gasteiger partial charge in [-0.3, -0.25) is 4.40 Å². The number of para-hydroxylation sites is 2. The van der Waals surface area contributed by atoms with Crippen molar-refractivity contribution in [2.45, 2.75) is 6.92 Å². The van der Waals surface area contributed by atoms with Gasteiger partial charge >= 0.3 is 0 Å². The maximum atomic E-state index is 5.04. The molecule has 0 saturated carbocycles. The summed E-state index contributed by atoms with van der Waals surface area (Å²) in [5, 5.41) is 2.37. The number of imidazole rings is 1. The van der Waals surface area contributed by atoms with Crippen LogP contribution in [0.15, 0.2) is 103 Å². The Morgan fingerprint density at radius 3 is 2.16 bits per heavy atom. The second kappa shape index (κ2) is 7.51. The van der Waals surface area contributed by atoms with Gasteiger partial charge < -0.3 is 0 Å². The van der Waals surface area contributed by atoms with Gasteiger partial charge in [-0.25, -0.2) is 4.98 Å². The molecule has 0 amide bonds. The molecule has 0 radical (unpaired) electrons. The zero-order valence-corrected chi connectivity index (χ0v) is 17.9. The van der Waals surface area contributed by atoms with E-state index in [0.29, 0.717) is 0 Å². The highest BCUT2D eigenvalue weighted by Gasteiger charge is 2.17. The van der Waals surface area contributed by atoms with Gasteiger partial charge in [-0.15, -0.1) is 0 Å². The van der Waals surface area contributed by atoms with Crippen LogP contribution in [0.25, 0.3) is 50.9 Å². The van der Waals surface area contributed by atoms with Gasteiger partial charge in [-0.1, -0.05) is 109 Å². The second-order valence-corrected chi connectivity index (χ2v) is 8.18. The fraction of sp³-hybridized carbons (Fsp3) is 0.0333. The van der Waals surface area contributed by atoms with E-state index in [1.54, 1.807) is 0 Å². The maximum Gasteiger partial charge on any atom is 0.146 e. The Morgan fingerprint density at radius 1 is 0.656 bits per heavy atom. The highest BCUT2D eigenvalue weighted by atomic mass is 15.0. The lowest BCUT2D eigenvalue weighted by Gasteiger charge is -2.15. The minimum absolute atomic E-state index is 0.994. The van der Waals surface area contributed by atoms with Gasteiger partial charge in [0.1, 0.15) is 5.65 Å². The van der Waals surface area contributed by atoms with E-state index in [2.05, 4.69) is 127 Å². The smallest absolute Gasteiger partial charge is 0.146 e. The summed E-state index contributed by atoms with van der Waals surface area (Å²) in [7, 11) is 0. The Balaban J connectivity index is 1.76. The first-order valence-corrected chi connectivity index (χ1v) is 10.9. The van der Waals surface area contributed by atoms with Crippen LogP contribution in [-0.2, 0) is 0 Å². The predicted octanol–water partition coefficient (Wildman–Crippen LogP) is 7.79. The zero-order chi connectivity index (χ0) is 21.5. The number of rotatable bonds is 3. The van der Waals surface area contributed by atoms with Crippen molar-refractivity contribution in [1.29, 1.82) is 0 Å². The largest absolute Gasteiger partial charge is 0.291 e. The molecule has 2 nitrogen and oxygen atoms in total. The maximum absolute atomic E-state index is 5.04. The molecule has 4 aromatic carbocycles. The van der Waals surface area contributed by atoms with E-state index in [-0.39, 0.29) is 0 Å². The van der Waals surface area contributed by atoms with Crippen molar-refractivity contribution in [1.82, 2.24) is 9.38 Å². The molecule has 2 heterocycles. The van der Waals surface area contributed by atoms with Gasteiger partial charge in [0.15, 0.2) is 0 Å². The number of benzene rings is 4. The van der Waals surface area contributed by atoms with E-state index in [4.69, 9.17) is 4.98 Å². The van der Waals surface area contributed by atoms with Crippen molar-refractivity contribution < 1.29 is 0 Å². The molecule has 2 aromatic heterocycles. The molecule has 0 aliphatic heterocycles. The third-order valence-electron chi connectivity index (χ3n) is 6.06. The van der Waals surface area contributed by atoms with Gasteiger partial charge in [-0.05, 0) is 35.6 Å². The summed E-state index contributed by atoms with van der Waals surface area (Å²) in [4.78, 5) is 5.04. The van der Waals surface area contributed by atoms with Gasteiger partial charge in [0.05, 0.1) is 16.7 Å². The van der Waals surface area contributed by atoms with E-state index in [0.717, 1.165) is 27.8 Å². The summed E-state index contributed by atoms with van der Waals surface area (Å²) in [5.41, 5.74) is 9.12. The highest BCUT2D eigenvalue weighted by molar-refractivity contribution is 6.07. The standard InChI is InChI=1S/C30H22N2/c1-21-15-17-22(18-16-21)19-20-25-24-11-5-6-12-26(24)30-31-27-13-7-8-14-28(27)32(30)29(25)23-9-3-2-4-10-23/h2-20H,1H3/b20-19+. The second-order valence-electron chi connectivity index (χ2n) is 8.18. The normalized spacial score (nSPS) is 11.8. The highest BCUT2D eigenvalue weighted by Crippen LogP contribution is 2.36. The molecule has 0 spiro atoms. The zero-order valence-electron chi connectivity index (χ0n) is 17.9. The summed E-state index contributed by atoms with van der Waals surface area (Å²) >= 11 is 0.